The van der Waals surface area contributed by atoms with E-state index in [1.165, 1.54) is 12.1 Å². The number of amides is 1. The third kappa shape index (κ3) is 2.89. The van der Waals surface area contributed by atoms with E-state index in [0.29, 0.717) is 31.8 Å². The molecule has 0 radical (unpaired) electrons. The van der Waals surface area contributed by atoms with Gasteiger partial charge >= 0.3 is 0 Å². The van der Waals surface area contributed by atoms with Crippen LogP contribution in [0.3, 0.4) is 0 Å². The van der Waals surface area contributed by atoms with Gasteiger partial charge in [-0.2, -0.15) is 0 Å². The predicted octanol–water partition coefficient (Wildman–Crippen LogP) is 1.38. The third-order valence-corrected chi connectivity index (χ3v) is 5.05. The van der Waals surface area contributed by atoms with Crippen molar-refractivity contribution in [1.82, 2.24) is 14.5 Å². The SMILES string of the molecule is Cc1cc(=O)cc(C(=O)N2CCc3oc(C4CCOC4)nc3C2)n1C. The average Bonchev–Trinajstić information content (AvgIpc) is 3.25. The summed E-state index contributed by atoms with van der Waals surface area (Å²) in [6.07, 6.45) is 1.56. The Bertz CT molecular complexity index is 877. The van der Waals surface area contributed by atoms with Crippen LogP contribution in [0, 0.1) is 6.92 Å². The van der Waals surface area contributed by atoms with Gasteiger partial charge in [-0.15, -0.1) is 0 Å². The van der Waals surface area contributed by atoms with Crippen LogP contribution in [-0.2, 0) is 24.8 Å². The van der Waals surface area contributed by atoms with Gasteiger partial charge in [0.2, 0.25) is 0 Å². The molecular weight excluding hydrogens is 322 g/mol. The molecule has 0 N–H and O–H groups in total. The fourth-order valence-electron chi connectivity index (χ4n) is 3.43. The maximum atomic E-state index is 12.9. The molecule has 2 aliphatic rings. The Kier molecular flexibility index (Phi) is 3.95. The summed E-state index contributed by atoms with van der Waals surface area (Å²) in [5, 5.41) is 0. The molecule has 1 unspecified atom stereocenters. The van der Waals surface area contributed by atoms with Crippen molar-refractivity contribution in [3.8, 4) is 0 Å². The number of carbonyl (C=O) groups excluding carboxylic acids is 1. The van der Waals surface area contributed by atoms with E-state index in [1.807, 2.05) is 6.92 Å². The first kappa shape index (κ1) is 16.1. The molecule has 7 heteroatoms. The third-order valence-electron chi connectivity index (χ3n) is 5.05. The Balaban J connectivity index is 1.58. The second kappa shape index (κ2) is 6.15. The second-order valence-corrected chi connectivity index (χ2v) is 6.74. The number of rotatable bonds is 2. The molecule has 2 aromatic heterocycles. The zero-order valence-corrected chi connectivity index (χ0v) is 14.4. The average molecular weight is 343 g/mol. The van der Waals surface area contributed by atoms with Gasteiger partial charge in [0, 0.05) is 44.4 Å². The lowest BCUT2D eigenvalue weighted by atomic mass is 10.1. The smallest absolute Gasteiger partial charge is 0.270 e. The Morgan fingerprint density at radius 3 is 2.96 bits per heavy atom. The van der Waals surface area contributed by atoms with Crippen LogP contribution < -0.4 is 5.43 Å². The minimum absolute atomic E-state index is 0.150. The molecule has 2 aromatic rings. The summed E-state index contributed by atoms with van der Waals surface area (Å²) in [5.74, 6) is 1.65. The van der Waals surface area contributed by atoms with Crippen molar-refractivity contribution >= 4 is 5.91 Å². The first-order valence-electron chi connectivity index (χ1n) is 8.56. The highest BCUT2D eigenvalue weighted by Gasteiger charge is 2.30. The Morgan fingerprint density at radius 1 is 1.36 bits per heavy atom. The number of aryl methyl sites for hydroxylation is 1. The molecule has 0 saturated carbocycles. The molecule has 0 spiro atoms. The van der Waals surface area contributed by atoms with Crippen LogP contribution in [0.5, 0.6) is 0 Å². The Morgan fingerprint density at radius 2 is 2.20 bits per heavy atom. The van der Waals surface area contributed by atoms with Crippen LogP contribution in [0.1, 0.15) is 45.9 Å². The summed E-state index contributed by atoms with van der Waals surface area (Å²) in [6, 6.07) is 2.92. The molecule has 25 heavy (non-hydrogen) atoms. The molecule has 2 aliphatic heterocycles. The van der Waals surface area contributed by atoms with Crippen molar-refractivity contribution in [3.05, 3.63) is 51.1 Å². The number of pyridine rings is 1. The number of fused-ring (bicyclic) bond motifs is 1. The molecule has 1 amide bonds. The standard InChI is InChI=1S/C18H21N3O4/c1-11-7-13(22)8-15(20(11)2)18(23)21-5-3-16-14(9-21)19-17(25-16)12-4-6-24-10-12/h7-8,12H,3-6,9-10H2,1-2H3. The number of oxazole rings is 1. The van der Waals surface area contributed by atoms with E-state index < -0.39 is 0 Å². The monoisotopic (exact) mass is 343 g/mol. The zero-order valence-electron chi connectivity index (χ0n) is 14.4. The van der Waals surface area contributed by atoms with Gasteiger partial charge in [-0.1, -0.05) is 0 Å². The molecule has 4 heterocycles. The van der Waals surface area contributed by atoms with Gasteiger partial charge in [-0.25, -0.2) is 4.98 Å². The summed E-state index contributed by atoms with van der Waals surface area (Å²) >= 11 is 0. The fourth-order valence-corrected chi connectivity index (χ4v) is 3.43. The number of aromatic nitrogens is 2. The van der Waals surface area contributed by atoms with E-state index >= 15 is 0 Å². The van der Waals surface area contributed by atoms with E-state index in [-0.39, 0.29) is 17.3 Å². The molecule has 0 aromatic carbocycles. The van der Waals surface area contributed by atoms with Crippen molar-refractivity contribution in [3.63, 3.8) is 0 Å². The van der Waals surface area contributed by atoms with Crippen LogP contribution >= 0.6 is 0 Å². The second-order valence-electron chi connectivity index (χ2n) is 6.74. The number of ether oxygens (including phenoxy) is 1. The van der Waals surface area contributed by atoms with Crippen molar-refractivity contribution in [2.24, 2.45) is 7.05 Å². The van der Waals surface area contributed by atoms with E-state index in [4.69, 9.17) is 9.15 Å². The largest absolute Gasteiger partial charge is 0.445 e. The van der Waals surface area contributed by atoms with Crippen LogP contribution in [0.15, 0.2) is 21.3 Å². The first-order valence-corrected chi connectivity index (χ1v) is 8.56. The fraction of sp³-hybridized carbons (Fsp3) is 0.500. The Labute approximate surface area is 145 Å². The van der Waals surface area contributed by atoms with E-state index in [2.05, 4.69) is 4.98 Å². The summed E-state index contributed by atoms with van der Waals surface area (Å²) < 4.78 is 13.1. The van der Waals surface area contributed by atoms with E-state index in [1.54, 1.807) is 16.5 Å². The van der Waals surface area contributed by atoms with Crippen molar-refractivity contribution < 1.29 is 13.9 Å². The summed E-state index contributed by atoms with van der Waals surface area (Å²) in [4.78, 5) is 31.0. The first-order chi connectivity index (χ1) is 12.0. The van der Waals surface area contributed by atoms with Gasteiger partial charge < -0.3 is 18.6 Å². The van der Waals surface area contributed by atoms with Crippen molar-refractivity contribution in [2.75, 3.05) is 19.8 Å². The highest BCUT2D eigenvalue weighted by Crippen LogP contribution is 2.29. The van der Waals surface area contributed by atoms with Crippen LogP contribution in [-0.4, -0.2) is 40.1 Å². The van der Waals surface area contributed by atoms with Gasteiger partial charge in [0.1, 0.15) is 17.1 Å². The molecule has 132 valence electrons. The van der Waals surface area contributed by atoms with Crippen LogP contribution in [0.2, 0.25) is 0 Å². The van der Waals surface area contributed by atoms with Gasteiger partial charge in [-0.3, -0.25) is 9.59 Å². The molecule has 0 bridgehead atoms. The number of hydrogen-bond acceptors (Lipinski definition) is 5. The van der Waals surface area contributed by atoms with E-state index in [0.717, 1.165) is 36.1 Å². The summed E-state index contributed by atoms with van der Waals surface area (Å²) in [5.41, 5.74) is 1.83. The number of carbonyl (C=O) groups is 1. The summed E-state index contributed by atoms with van der Waals surface area (Å²) in [7, 11) is 1.80. The van der Waals surface area contributed by atoms with Crippen LogP contribution in [0.25, 0.3) is 0 Å². The topological polar surface area (TPSA) is 77.6 Å². The minimum atomic E-state index is -0.151. The van der Waals surface area contributed by atoms with E-state index in [9.17, 15) is 9.59 Å². The lowest BCUT2D eigenvalue weighted by Gasteiger charge is -2.26. The van der Waals surface area contributed by atoms with Gasteiger partial charge in [0.05, 0.1) is 19.1 Å². The molecule has 1 atom stereocenters. The quantitative estimate of drug-likeness (QED) is 0.823. The normalized spacial score (nSPS) is 19.9. The van der Waals surface area contributed by atoms with Gasteiger partial charge in [0.15, 0.2) is 11.3 Å². The zero-order chi connectivity index (χ0) is 17.6. The maximum absolute atomic E-state index is 12.9. The predicted molar refractivity (Wildman–Crippen MR) is 89.5 cm³/mol. The molecule has 1 fully saturated rings. The lowest BCUT2D eigenvalue weighted by Crippen LogP contribution is -2.37. The van der Waals surface area contributed by atoms with Gasteiger partial charge in [-0.05, 0) is 13.3 Å². The highest BCUT2D eigenvalue weighted by atomic mass is 16.5. The molecular formula is C18H21N3O4. The summed E-state index contributed by atoms with van der Waals surface area (Å²) in [6.45, 7) is 4.17. The lowest BCUT2D eigenvalue weighted by molar-refractivity contribution is 0.0716. The van der Waals surface area contributed by atoms with Crippen LogP contribution in [0.4, 0.5) is 0 Å². The molecule has 1 saturated heterocycles. The molecule has 7 nitrogen and oxygen atoms in total. The maximum Gasteiger partial charge on any atom is 0.270 e. The molecule has 0 aliphatic carbocycles. The highest BCUT2D eigenvalue weighted by molar-refractivity contribution is 5.92. The van der Waals surface area contributed by atoms with Gasteiger partial charge in [0.25, 0.3) is 5.91 Å². The minimum Gasteiger partial charge on any atom is -0.445 e. The van der Waals surface area contributed by atoms with Crippen molar-refractivity contribution in [2.45, 2.75) is 32.2 Å². The number of hydrogen-bond donors (Lipinski definition) is 0. The molecule has 4 rings (SSSR count). The Hall–Kier alpha value is -2.41. The van der Waals surface area contributed by atoms with Crippen molar-refractivity contribution in [1.29, 1.82) is 0 Å². The number of nitrogens with zero attached hydrogens (tertiary/aromatic N) is 3.